The van der Waals surface area contributed by atoms with E-state index in [1.165, 1.54) is 16.7 Å². The molecule has 26 heavy (non-hydrogen) atoms. The summed E-state index contributed by atoms with van der Waals surface area (Å²) in [6.45, 7) is 17.5. The van der Waals surface area contributed by atoms with Gasteiger partial charge in [0.05, 0.1) is 11.3 Å². The normalized spacial score (nSPS) is 21.6. The molecule has 1 aromatic carbocycles. The number of rotatable bonds is 2. The van der Waals surface area contributed by atoms with Crippen molar-refractivity contribution in [2.75, 3.05) is 0 Å². The van der Waals surface area contributed by atoms with E-state index in [9.17, 15) is 4.79 Å². The lowest BCUT2D eigenvalue weighted by atomic mass is 9.61. The fraction of sp³-hybridized carbons (Fsp3) is 0.565. The first-order valence-corrected chi connectivity index (χ1v) is 9.65. The monoisotopic (exact) mass is 352 g/mol. The van der Waals surface area contributed by atoms with E-state index in [4.69, 9.17) is 0 Å². The average Bonchev–Trinajstić information content (AvgIpc) is 2.76. The first-order valence-electron chi connectivity index (χ1n) is 9.65. The van der Waals surface area contributed by atoms with Crippen LogP contribution < -0.4 is 0 Å². The van der Waals surface area contributed by atoms with Gasteiger partial charge < -0.3 is 0 Å². The minimum absolute atomic E-state index is 0.121. The molecule has 3 rings (SSSR count). The SMILES string of the molecule is Cc1cc2c(c(C)c1C(=O)c1c(C)nn(C)c1C)C(C)C(C)C(C)(C)C2. The maximum Gasteiger partial charge on any atom is 0.197 e. The number of aryl methyl sites for hydroxylation is 3. The topological polar surface area (TPSA) is 34.9 Å². The summed E-state index contributed by atoms with van der Waals surface area (Å²) < 4.78 is 1.80. The van der Waals surface area contributed by atoms with Crippen LogP contribution in [0.3, 0.4) is 0 Å². The van der Waals surface area contributed by atoms with Crippen molar-refractivity contribution in [1.29, 1.82) is 0 Å². The predicted molar refractivity (Wildman–Crippen MR) is 107 cm³/mol. The molecule has 0 amide bonds. The van der Waals surface area contributed by atoms with Gasteiger partial charge in [-0.1, -0.05) is 33.8 Å². The molecule has 2 unspecified atom stereocenters. The Labute approximate surface area is 157 Å². The molecular formula is C23H32N2O. The van der Waals surface area contributed by atoms with Crippen molar-refractivity contribution in [3.05, 3.63) is 50.8 Å². The first kappa shape index (κ1) is 18.9. The molecule has 0 bridgehead atoms. The summed E-state index contributed by atoms with van der Waals surface area (Å²) in [5.41, 5.74) is 8.75. The third-order valence-corrected chi connectivity index (χ3v) is 6.96. The summed E-state index contributed by atoms with van der Waals surface area (Å²) in [5, 5.41) is 4.45. The van der Waals surface area contributed by atoms with Gasteiger partial charge in [-0.25, -0.2) is 0 Å². The Hall–Kier alpha value is -1.90. The van der Waals surface area contributed by atoms with Gasteiger partial charge >= 0.3 is 0 Å². The highest BCUT2D eigenvalue weighted by Crippen LogP contribution is 2.48. The Morgan fingerprint density at radius 3 is 2.31 bits per heavy atom. The minimum atomic E-state index is 0.121. The molecule has 0 saturated heterocycles. The van der Waals surface area contributed by atoms with E-state index in [0.29, 0.717) is 11.8 Å². The highest BCUT2D eigenvalue weighted by Gasteiger charge is 2.39. The number of hydrogen-bond donors (Lipinski definition) is 0. The Morgan fingerprint density at radius 1 is 1.15 bits per heavy atom. The molecule has 1 aromatic heterocycles. The number of fused-ring (bicyclic) bond motifs is 1. The van der Waals surface area contributed by atoms with Crippen LogP contribution in [-0.2, 0) is 13.5 Å². The van der Waals surface area contributed by atoms with Crippen molar-refractivity contribution >= 4 is 5.78 Å². The molecule has 0 aliphatic heterocycles. The van der Waals surface area contributed by atoms with Crippen LogP contribution in [0.5, 0.6) is 0 Å². The number of ketones is 1. The maximum atomic E-state index is 13.5. The van der Waals surface area contributed by atoms with Crippen molar-refractivity contribution in [3.8, 4) is 0 Å². The Kier molecular flexibility index (Phi) is 4.41. The van der Waals surface area contributed by atoms with Crippen molar-refractivity contribution < 1.29 is 4.79 Å². The number of nitrogens with zero attached hydrogens (tertiary/aromatic N) is 2. The maximum absolute atomic E-state index is 13.5. The summed E-state index contributed by atoms with van der Waals surface area (Å²) >= 11 is 0. The zero-order valence-corrected chi connectivity index (χ0v) is 17.7. The zero-order valence-electron chi connectivity index (χ0n) is 17.7. The molecule has 0 radical (unpaired) electrons. The van der Waals surface area contributed by atoms with Gasteiger partial charge in [-0.3, -0.25) is 9.48 Å². The number of carbonyl (C=O) groups is 1. The molecule has 0 spiro atoms. The van der Waals surface area contributed by atoms with Gasteiger partial charge in [0.1, 0.15) is 0 Å². The third-order valence-electron chi connectivity index (χ3n) is 6.96. The highest BCUT2D eigenvalue weighted by atomic mass is 16.1. The summed E-state index contributed by atoms with van der Waals surface area (Å²) in [6.07, 6.45) is 1.08. The molecule has 2 atom stereocenters. The van der Waals surface area contributed by atoms with Crippen LogP contribution in [-0.4, -0.2) is 15.6 Å². The first-order chi connectivity index (χ1) is 12.0. The van der Waals surface area contributed by atoms with E-state index in [0.717, 1.165) is 34.5 Å². The lowest BCUT2D eigenvalue weighted by molar-refractivity contribution is 0.103. The number of aromatic nitrogens is 2. The van der Waals surface area contributed by atoms with Crippen molar-refractivity contribution in [2.24, 2.45) is 18.4 Å². The number of benzene rings is 1. The molecule has 3 nitrogen and oxygen atoms in total. The molecule has 0 fully saturated rings. The Bertz CT molecular complexity index is 902. The summed E-state index contributed by atoms with van der Waals surface area (Å²) in [7, 11) is 1.90. The molecular weight excluding hydrogens is 320 g/mol. The van der Waals surface area contributed by atoms with Crippen LogP contribution in [0.4, 0.5) is 0 Å². The van der Waals surface area contributed by atoms with Gasteiger partial charge in [-0.2, -0.15) is 5.10 Å². The molecule has 0 saturated carbocycles. The fourth-order valence-electron chi connectivity index (χ4n) is 5.02. The number of hydrogen-bond acceptors (Lipinski definition) is 2. The van der Waals surface area contributed by atoms with Gasteiger partial charge in [-0.15, -0.1) is 0 Å². The second kappa shape index (κ2) is 6.07. The van der Waals surface area contributed by atoms with Gasteiger partial charge in [-0.05, 0) is 73.6 Å². The standard InChI is InChI=1S/C23H32N2O/c1-12-10-18-11-23(7,8)15(4)13(2)20(18)14(3)19(12)22(26)21-16(5)24-25(9)17(21)6/h10,13,15H,11H2,1-9H3. The molecule has 140 valence electrons. The lowest BCUT2D eigenvalue weighted by Gasteiger charge is -2.43. The van der Waals surface area contributed by atoms with Crippen LogP contribution in [0, 0.1) is 39.0 Å². The summed E-state index contributed by atoms with van der Waals surface area (Å²) in [4.78, 5) is 13.5. The van der Waals surface area contributed by atoms with Gasteiger partial charge in [0.15, 0.2) is 5.78 Å². The highest BCUT2D eigenvalue weighted by molar-refractivity contribution is 6.12. The lowest BCUT2D eigenvalue weighted by Crippen LogP contribution is -2.34. The van der Waals surface area contributed by atoms with E-state index >= 15 is 0 Å². The van der Waals surface area contributed by atoms with Crippen LogP contribution in [0.1, 0.15) is 83.2 Å². The van der Waals surface area contributed by atoms with E-state index in [1.54, 1.807) is 4.68 Å². The van der Waals surface area contributed by atoms with Gasteiger partial charge in [0, 0.05) is 18.3 Å². The van der Waals surface area contributed by atoms with E-state index in [-0.39, 0.29) is 11.2 Å². The Morgan fingerprint density at radius 2 is 1.77 bits per heavy atom. The number of carbonyl (C=O) groups excluding carboxylic acids is 1. The van der Waals surface area contributed by atoms with E-state index in [2.05, 4.69) is 52.7 Å². The van der Waals surface area contributed by atoms with Crippen LogP contribution in [0.25, 0.3) is 0 Å². The minimum Gasteiger partial charge on any atom is -0.288 e. The molecule has 3 heteroatoms. The second-order valence-electron chi connectivity index (χ2n) is 9.01. The van der Waals surface area contributed by atoms with Crippen LogP contribution >= 0.6 is 0 Å². The fourth-order valence-corrected chi connectivity index (χ4v) is 5.02. The zero-order chi connectivity index (χ0) is 19.5. The van der Waals surface area contributed by atoms with E-state index < -0.39 is 0 Å². The molecule has 1 aliphatic rings. The van der Waals surface area contributed by atoms with Gasteiger partial charge in [0.2, 0.25) is 0 Å². The summed E-state index contributed by atoms with van der Waals surface area (Å²) in [6, 6.07) is 2.26. The largest absolute Gasteiger partial charge is 0.288 e. The average molecular weight is 353 g/mol. The van der Waals surface area contributed by atoms with Gasteiger partial charge in [0.25, 0.3) is 0 Å². The molecule has 0 N–H and O–H groups in total. The van der Waals surface area contributed by atoms with E-state index in [1.807, 2.05) is 20.9 Å². The summed E-state index contributed by atoms with van der Waals surface area (Å²) in [5.74, 6) is 1.16. The molecule has 1 heterocycles. The predicted octanol–water partition coefficient (Wildman–Crippen LogP) is 5.21. The van der Waals surface area contributed by atoms with Crippen molar-refractivity contribution in [3.63, 3.8) is 0 Å². The van der Waals surface area contributed by atoms with Crippen LogP contribution in [0.2, 0.25) is 0 Å². The molecule has 1 aliphatic carbocycles. The van der Waals surface area contributed by atoms with Crippen molar-refractivity contribution in [1.82, 2.24) is 9.78 Å². The second-order valence-corrected chi connectivity index (χ2v) is 9.01. The molecule has 2 aromatic rings. The quantitative estimate of drug-likeness (QED) is 0.696. The van der Waals surface area contributed by atoms with Crippen LogP contribution in [0.15, 0.2) is 6.07 Å². The smallest absolute Gasteiger partial charge is 0.197 e. The van der Waals surface area contributed by atoms with Crippen molar-refractivity contribution in [2.45, 2.75) is 67.7 Å². The Balaban J connectivity index is 2.21. The third kappa shape index (κ3) is 2.64.